The smallest absolute Gasteiger partial charge is 0.139 e. The minimum Gasteiger partial charge on any atom is -0.361 e. The van der Waals surface area contributed by atoms with E-state index < -0.39 is 0 Å². The first-order valence-electron chi connectivity index (χ1n) is 4.84. The van der Waals surface area contributed by atoms with Gasteiger partial charge in [-0.15, -0.1) is 0 Å². The molecule has 1 unspecified atom stereocenters. The van der Waals surface area contributed by atoms with Crippen LogP contribution in [0.2, 0.25) is 0 Å². The molecule has 0 spiro atoms. The number of rotatable bonds is 4. The molecule has 1 aromatic rings. The molecule has 0 radical (unpaired) electrons. The molecule has 0 aliphatic carbocycles. The van der Waals surface area contributed by atoms with E-state index in [1.54, 1.807) is 0 Å². The molecule has 0 saturated heterocycles. The van der Waals surface area contributed by atoms with Crippen molar-refractivity contribution in [1.29, 1.82) is 0 Å². The molecule has 0 fully saturated rings. The van der Waals surface area contributed by atoms with Gasteiger partial charge in [0.25, 0.3) is 0 Å². The van der Waals surface area contributed by atoms with E-state index in [4.69, 9.17) is 10.3 Å². The Morgan fingerprint density at radius 1 is 1.54 bits per heavy atom. The first-order valence-corrected chi connectivity index (χ1v) is 4.84. The quantitative estimate of drug-likeness (QED) is 0.775. The predicted octanol–water partition coefficient (Wildman–Crippen LogP) is 2.08. The van der Waals surface area contributed by atoms with Gasteiger partial charge in [-0.05, 0) is 6.42 Å². The lowest BCUT2D eigenvalue weighted by Crippen LogP contribution is -2.21. The molecular formula is C10H18N2O. The van der Waals surface area contributed by atoms with Crippen molar-refractivity contribution >= 4 is 0 Å². The number of nitrogens with two attached hydrogens (primary N) is 1. The van der Waals surface area contributed by atoms with Crippen LogP contribution in [0.25, 0.3) is 0 Å². The highest BCUT2D eigenvalue weighted by Gasteiger charge is 2.09. The molecule has 0 amide bonds. The number of nitrogens with zero attached hydrogens (tertiary/aromatic N) is 1. The monoisotopic (exact) mass is 182 g/mol. The van der Waals surface area contributed by atoms with E-state index in [0.29, 0.717) is 5.92 Å². The summed E-state index contributed by atoms with van der Waals surface area (Å²) in [5, 5.41) is 3.97. The molecule has 1 atom stereocenters. The van der Waals surface area contributed by atoms with Crippen molar-refractivity contribution in [1.82, 2.24) is 5.16 Å². The van der Waals surface area contributed by atoms with E-state index >= 15 is 0 Å². The van der Waals surface area contributed by atoms with E-state index in [1.165, 1.54) is 0 Å². The summed E-state index contributed by atoms with van der Waals surface area (Å²) < 4.78 is 5.17. The lowest BCUT2D eigenvalue weighted by Gasteiger charge is -2.03. The molecule has 0 aliphatic rings. The number of aromatic nitrogens is 1. The third-order valence-corrected chi connectivity index (χ3v) is 2.14. The van der Waals surface area contributed by atoms with Crippen molar-refractivity contribution in [3.8, 4) is 0 Å². The summed E-state index contributed by atoms with van der Waals surface area (Å²) >= 11 is 0. The van der Waals surface area contributed by atoms with Crippen molar-refractivity contribution in [3.05, 3.63) is 17.5 Å². The first kappa shape index (κ1) is 10.3. The Kier molecular flexibility index (Phi) is 3.48. The van der Waals surface area contributed by atoms with Crippen LogP contribution in [0.1, 0.15) is 44.6 Å². The second-order valence-electron chi connectivity index (χ2n) is 3.75. The molecule has 3 heteroatoms. The van der Waals surface area contributed by atoms with Gasteiger partial charge < -0.3 is 10.3 Å². The summed E-state index contributed by atoms with van der Waals surface area (Å²) in [6.07, 6.45) is 1.79. The Labute approximate surface area is 79.3 Å². The summed E-state index contributed by atoms with van der Waals surface area (Å²) in [7, 11) is 0. The zero-order chi connectivity index (χ0) is 9.84. The third kappa shape index (κ3) is 2.84. The zero-order valence-corrected chi connectivity index (χ0v) is 8.58. The van der Waals surface area contributed by atoms with Crippen LogP contribution >= 0.6 is 0 Å². The normalized spacial score (nSPS) is 13.6. The van der Waals surface area contributed by atoms with Crippen molar-refractivity contribution < 1.29 is 4.52 Å². The molecule has 0 aliphatic heterocycles. The number of hydrogen-bond acceptors (Lipinski definition) is 3. The Balaban J connectivity index is 2.58. The largest absolute Gasteiger partial charge is 0.361 e. The summed E-state index contributed by atoms with van der Waals surface area (Å²) in [6, 6.07) is 2.20. The lowest BCUT2D eigenvalue weighted by atomic mass is 10.1. The maximum absolute atomic E-state index is 5.81. The van der Waals surface area contributed by atoms with Gasteiger partial charge in [-0.2, -0.15) is 0 Å². The zero-order valence-electron chi connectivity index (χ0n) is 8.58. The molecule has 1 rings (SSSR count). The van der Waals surface area contributed by atoms with Gasteiger partial charge in [0.05, 0.1) is 5.69 Å². The Bertz CT molecular complexity index is 255. The average Bonchev–Trinajstić information content (AvgIpc) is 2.52. The van der Waals surface area contributed by atoms with Crippen LogP contribution in [0.5, 0.6) is 0 Å². The van der Waals surface area contributed by atoms with Crippen LogP contribution in [-0.2, 0) is 6.42 Å². The van der Waals surface area contributed by atoms with E-state index in [-0.39, 0.29) is 6.04 Å². The van der Waals surface area contributed by atoms with Crippen LogP contribution in [-0.4, -0.2) is 11.2 Å². The van der Waals surface area contributed by atoms with E-state index in [2.05, 4.69) is 25.9 Å². The Morgan fingerprint density at radius 2 is 2.23 bits per heavy atom. The van der Waals surface area contributed by atoms with Crippen molar-refractivity contribution in [2.75, 3.05) is 0 Å². The molecule has 1 aromatic heterocycles. The van der Waals surface area contributed by atoms with Crippen molar-refractivity contribution in [3.63, 3.8) is 0 Å². The highest BCUT2D eigenvalue weighted by molar-refractivity contribution is 5.09. The highest BCUT2D eigenvalue weighted by atomic mass is 16.5. The lowest BCUT2D eigenvalue weighted by molar-refractivity contribution is 0.364. The standard InChI is InChI=1S/C10H18N2O/c1-4-8(11)5-9-6-10(7(2)3)13-12-9/h6-8H,4-5,11H2,1-3H3. The fraction of sp³-hybridized carbons (Fsp3) is 0.700. The summed E-state index contributed by atoms with van der Waals surface area (Å²) in [5.74, 6) is 1.34. The second kappa shape index (κ2) is 4.42. The number of hydrogen-bond donors (Lipinski definition) is 1. The van der Waals surface area contributed by atoms with Gasteiger partial charge in [0, 0.05) is 24.4 Å². The van der Waals surface area contributed by atoms with Crippen molar-refractivity contribution in [2.45, 2.75) is 45.6 Å². The Hall–Kier alpha value is -0.830. The van der Waals surface area contributed by atoms with Crippen molar-refractivity contribution in [2.24, 2.45) is 5.73 Å². The minimum absolute atomic E-state index is 0.199. The maximum atomic E-state index is 5.81. The SMILES string of the molecule is CCC(N)Cc1cc(C(C)C)on1. The second-order valence-corrected chi connectivity index (χ2v) is 3.75. The van der Waals surface area contributed by atoms with Crippen LogP contribution < -0.4 is 5.73 Å². The summed E-state index contributed by atoms with van der Waals surface area (Å²) in [5.41, 5.74) is 6.78. The van der Waals surface area contributed by atoms with Crippen LogP contribution in [0, 0.1) is 0 Å². The third-order valence-electron chi connectivity index (χ3n) is 2.14. The van der Waals surface area contributed by atoms with Gasteiger partial charge in [-0.25, -0.2) is 0 Å². The molecular weight excluding hydrogens is 164 g/mol. The summed E-state index contributed by atoms with van der Waals surface area (Å²) in [4.78, 5) is 0. The van der Waals surface area contributed by atoms with Gasteiger partial charge in [-0.1, -0.05) is 25.9 Å². The molecule has 0 aromatic carbocycles. The highest BCUT2D eigenvalue weighted by Crippen LogP contribution is 2.15. The van der Waals surface area contributed by atoms with Gasteiger partial charge >= 0.3 is 0 Å². The molecule has 2 N–H and O–H groups in total. The minimum atomic E-state index is 0.199. The maximum Gasteiger partial charge on any atom is 0.139 e. The molecule has 13 heavy (non-hydrogen) atoms. The fourth-order valence-electron chi connectivity index (χ4n) is 1.11. The molecule has 1 heterocycles. The first-order chi connectivity index (χ1) is 6.13. The molecule has 0 bridgehead atoms. The van der Waals surface area contributed by atoms with Gasteiger partial charge in [0.2, 0.25) is 0 Å². The fourth-order valence-corrected chi connectivity index (χ4v) is 1.11. The molecule has 74 valence electrons. The van der Waals surface area contributed by atoms with E-state index in [0.717, 1.165) is 24.3 Å². The van der Waals surface area contributed by atoms with Crippen LogP contribution in [0.4, 0.5) is 0 Å². The Morgan fingerprint density at radius 3 is 2.69 bits per heavy atom. The van der Waals surface area contributed by atoms with Gasteiger partial charge in [-0.3, -0.25) is 0 Å². The van der Waals surface area contributed by atoms with E-state index in [1.807, 2.05) is 6.07 Å². The molecule has 0 saturated carbocycles. The molecule has 3 nitrogen and oxygen atoms in total. The van der Waals surface area contributed by atoms with Gasteiger partial charge in [0.1, 0.15) is 5.76 Å². The van der Waals surface area contributed by atoms with Crippen LogP contribution in [0.3, 0.4) is 0 Å². The predicted molar refractivity (Wildman–Crippen MR) is 52.6 cm³/mol. The summed E-state index contributed by atoms with van der Waals surface area (Å²) in [6.45, 7) is 6.25. The van der Waals surface area contributed by atoms with E-state index in [9.17, 15) is 0 Å². The average molecular weight is 182 g/mol. The van der Waals surface area contributed by atoms with Gasteiger partial charge in [0.15, 0.2) is 0 Å². The topological polar surface area (TPSA) is 52.0 Å². The van der Waals surface area contributed by atoms with Crippen LogP contribution in [0.15, 0.2) is 10.6 Å².